The number of aryl methyl sites for hydroxylation is 1. The van der Waals surface area contributed by atoms with Crippen molar-refractivity contribution in [2.24, 2.45) is 0 Å². The van der Waals surface area contributed by atoms with Crippen LogP contribution in [0.25, 0.3) is 0 Å². The number of carboxylic acid groups (broad SMARTS) is 1. The summed E-state index contributed by atoms with van der Waals surface area (Å²) in [4.78, 5) is 14.1. The third kappa shape index (κ3) is 3.43. The molecule has 1 aromatic rings. The van der Waals surface area contributed by atoms with Crippen LogP contribution in [0.3, 0.4) is 0 Å². The van der Waals surface area contributed by atoms with Crippen molar-refractivity contribution in [3.8, 4) is 0 Å². The number of nitrogens with zero attached hydrogens (tertiary/aromatic N) is 1. The molecule has 0 aromatic carbocycles. The number of aromatic carboxylic acids is 1. The Labute approximate surface area is 114 Å². The molecule has 21 heavy (non-hydrogen) atoms. The number of carbonyl (C=O) groups is 1. The molecule has 0 unspecified atom stereocenters. The number of pyridine rings is 1. The Hall–Kier alpha value is -1.84. The molecule has 0 spiro atoms. The van der Waals surface area contributed by atoms with Gasteiger partial charge in [-0.1, -0.05) is 0 Å². The van der Waals surface area contributed by atoms with E-state index in [2.05, 4.69) is 4.98 Å². The molecule has 0 aliphatic rings. The standard InChI is InChI=1S/C11H9F6NO3/c1-5-2-6(3-7(18-5)8(19)20)4-9(21,10(12,13)14)11(15,16)17/h2-3,21H,4H2,1H3,(H,19,20). The maximum absolute atomic E-state index is 12.5. The Morgan fingerprint density at radius 3 is 2.00 bits per heavy atom. The van der Waals surface area contributed by atoms with E-state index in [1.54, 1.807) is 0 Å². The number of hydrogen-bond donors (Lipinski definition) is 2. The highest BCUT2D eigenvalue weighted by molar-refractivity contribution is 5.85. The number of carboxylic acids is 1. The molecule has 0 saturated carbocycles. The van der Waals surface area contributed by atoms with Crippen molar-refractivity contribution in [1.29, 1.82) is 0 Å². The fourth-order valence-electron chi connectivity index (χ4n) is 1.61. The summed E-state index contributed by atoms with van der Waals surface area (Å²) in [6, 6.07) is 1.40. The van der Waals surface area contributed by atoms with Crippen LogP contribution in [-0.2, 0) is 6.42 Å². The lowest BCUT2D eigenvalue weighted by atomic mass is 9.92. The normalized spacial score (nSPS) is 13.3. The van der Waals surface area contributed by atoms with Crippen molar-refractivity contribution in [2.75, 3.05) is 0 Å². The first kappa shape index (κ1) is 17.2. The van der Waals surface area contributed by atoms with E-state index in [9.17, 15) is 31.1 Å². The minimum atomic E-state index is -5.97. The van der Waals surface area contributed by atoms with E-state index in [4.69, 9.17) is 10.2 Å². The largest absolute Gasteiger partial charge is 0.477 e. The Balaban J connectivity index is 3.32. The minimum absolute atomic E-state index is 0.0865. The number of alkyl halides is 6. The van der Waals surface area contributed by atoms with Crippen molar-refractivity contribution >= 4 is 5.97 Å². The molecule has 0 atom stereocenters. The Bertz CT molecular complexity index is 538. The molecular formula is C11H9F6NO3. The van der Waals surface area contributed by atoms with E-state index in [-0.39, 0.29) is 5.69 Å². The summed E-state index contributed by atoms with van der Waals surface area (Å²) < 4.78 is 75.3. The van der Waals surface area contributed by atoms with Gasteiger partial charge >= 0.3 is 18.3 Å². The van der Waals surface area contributed by atoms with E-state index < -0.39 is 41.6 Å². The summed E-state index contributed by atoms with van der Waals surface area (Å²) >= 11 is 0. The van der Waals surface area contributed by atoms with Gasteiger partial charge in [-0.25, -0.2) is 9.78 Å². The Morgan fingerprint density at radius 2 is 1.62 bits per heavy atom. The van der Waals surface area contributed by atoms with Crippen LogP contribution < -0.4 is 0 Å². The zero-order valence-corrected chi connectivity index (χ0v) is 10.4. The lowest BCUT2D eigenvalue weighted by molar-refractivity contribution is -0.367. The molecule has 0 amide bonds. The second-order valence-corrected chi connectivity index (χ2v) is 4.34. The van der Waals surface area contributed by atoms with Crippen LogP contribution >= 0.6 is 0 Å². The molecule has 0 aliphatic carbocycles. The molecule has 0 aliphatic heterocycles. The molecule has 2 N–H and O–H groups in total. The van der Waals surface area contributed by atoms with Gasteiger partial charge in [-0.05, 0) is 24.6 Å². The predicted molar refractivity (Wildman–Crippen MR) is 56.7 cm³/mol. The molecular weight excluding hydrogens is 308 g/mol. The van der Waals surface area contributed by atoms with Crippen molar-refractivity contribution in [3.05, 3.63) is 29.1 Å². The first-order chi connectivity index (χ1) is 9.28. The molecule has 1 rings (SSSR count). The van der Waals surface area contributed by atoms with Gasteiger partial charge in [0.25, 0.3) is 5.60 Å². The second kappa shape index (κ2) is 5.17. The lowest BCUT2D eigenvalue weighted by Gasteiger charge is -2.32. The molecule has 0 radical (unpaired) electrons. The maximum atomic E-state index is 12.5. The minimum Gasteiger partial charge on any atom is -0.477 e. The highest BCUT2D eigenvalue weighted by atomic mass is 19.4. The van der Waals surface area contributed by atoms with Crippen LogP contribution in [0.2, 0.25) is 0 Å². The Kier molecular flexibility index (Phi) is 4.24. The van der Waals surface area contributed by atoms with Gasteiger partial charge < -0.3 is 10.2 Å². The van der Waals surface area contributed by atoms with E-state index in [0.717, 1.165) is 6.07 Å². The molecule has 0 saturated heterocycles. The molecule has 4 nitrogen and oxygen atoms in total. The fraction of sp³-hybridized carbons (Fsp3) is 0.455. The van der Waals surface area contributed by atoms with Crippen molar-refractivity contribution in [1.82, 2.24) is 4.98 Å². The van der Waals surface area contributed by atoms with Crippen LogP contribution in [0.5, 0.6) is 0 Å². The van der Waals surface area contributed by atoms with E-state index >= 15 is 0 Å². The van der Waals surface area contributed by atoms with E-state index in [0.29, 0.717) is 6.07 Å². The SMILES string of the molecule is Cc1cc(CC(O)(C(F)(F)F)C(F)(F)F)cc(C(=O)O)n1. The number of halogens is 6. The summed E-state index contributed by atoms with van der Waals surface area (Å²) in [6.45, 7) is 1.20. The summed E-state index contributed by atoms with van der Waals surface area (Å²) in [5, 5.41) is 17.7. The summed E-state index contributed by atoms with van der Waals surface area (Å²) in [5.41, 5.74) is -6.41. The lowest BCUT2D eigenvalue weighted by Crippen LogP contribution is -2.58. The smallest absolute Gasteiger partial charge is 0.426 e. The van der Waals surface area contributed by atoms with Gasteiger partial charge in [0.05, 0.1) is 0 Å². The van der Waals surface area contributed by atoms with Gasteiger partial charge in [-0.15, -0.1) is 0 Å². The van der Waals surface area contributed by atoms with Crippen LogP contribution in [-0.4, -0.2) is 39.1 Å². The average Bonchev–Trinajstić information content (AvgIpc) is 2.24. The molecule has 1 aromatic heterocycles. The summed E-state index contributed by atoms with van der Waals surface area (Å²) in [7, 11) is 0. The molecule has 10 heteroatoms. The van der Waals surface area contributed by atoms with Gasteiger partial charge in [-0.2, -0.15) is 26.3 Å². The van der Waals surface area contributed by atoms with E-state index in [1.807, 2.05) is 0 Å². The third-order valence-electron chi connectivity index (χ3n) is 2.63. The van der Waals surface area contributed by atoms with Crippen LogP contribution in [0.15, 0.2) is 12.1 Å². The van der Waals surface area contributed by atoms with Crippen molar-refractivity contribution in [3.63, 3.8) is 0 Å². The molecule has 0 fully saturated rings. The van der Waals surface area contributed by atoms with E-state index in [1.165, 1.54) is 6.92 Å². The highest BCUT2D eigenvalue weighted by Crippen LogP contribution is 2.45. The first-order valence-electron chi connectivity index (χ1n) is 5.34. The van der Waals surface area contributed by atoms with Crippen molar-refractivity contribution < 1.29 is 41.4 Å². The quantitative estimate of drug-likeness (QED) is 0.840. The summed E-state index contributed by atoms with van der Waals surface area (Å²) in [6.07, 6.45) is -13.8. The van der Waals surface area contributed by atoms with Gasteiger partial charge in [0.15, 0.2) is 0 Å². The second-order valence-electron chi connectivity index (χ2n) is 4.34. The number of hydrogen-bond acceptors (Lipinski definition) is 3. The maximum Gasteiger partial charge on any atom is 0.426 e. The third-order valence-corrected chi connectivity index (χ3v) is 2.63. The monoisotopic (exact) mass is 317 g/mol. The van der Waals surface area contributed by atoms with Crippen molar-refractivity contribution in [2.45, 2.75) is 31.3 Å². The highest BCUT2D eigenvalue weighted by Gasteiger charge is 2.70. The fourth-order valence-corrected chi connectivity index (χ4v) is 1.61. The summed E-state index contributed by atoms with van der Waals surface area (Å²) in [5.74, 6) is -1.61. The predicted octanol–water partition coefficient (Wildman–Crippen LogP) is 2.49. The number of aliphatic hydroxyl groups is 1. The van der Waals surface area contributed by atoms with Gasteiger partial charge in [0.1, 0.15) is 5.69 Å². The molecule has 1 heterocycles. The van der Waals surface area contributed by atoms with Gasteiger partial charge in [0.2, 0.25) is 0 Å². The zero-order chi connectivity index (χ0) is 16.6. The zero-order valence-electron chi connectivity index (χ0n) is 10.4. The van der Waals surface area contributed by atoms with Crippen LogP contribution in [0.4, 0.5) is 26.3 Å². The first-order valence-corrected chi connectivity index (χ1v) is 5.34. The Morgan fingerprint density at radius 1 is 1.14 bits per heavy atom. The van der Waals surface area contributed by atoms with Crippen LogP contribution in [0, 0.1) is 6.92 Å². The number of rotatable bonds is 3. The number of aromatic nitrogens is 1. The topological polar surface area (TPSA) is 70.4 Å². The average molecular weight is 317 g/mol. The van der Waals surface area contributed by atoms with Gasteiger partial charge in [-0.3, -0.25) is 0 Å². The van der Waals surface area contributed by atoms with Crippen LogP contribution in [0.1, 0.15) is 21.7 Å². The molecule has 0 bridgehead atoms. The van der Waals surface area contributed by atoms with Gasteiger partial charge in [0, 0.05) is 12.1 Å². The molecule has 118 valence electrons.